The number of nitrogens with one attached hydrogen (secondary N) is 6. The average molecular weight is 1360 g/mol. The number of anilines is 3. The van der Waals surface area contributed by atoms with Crippen molar-refractivity contribution in [3.8, 4) is 5.75 Å². The fraction of sp³-hybridized carbons (Fsp3) is 0.550. The number of epoxide rings is 1. The lowest BCUT2D eigenvalue weighted by Gasteiger charge is -2.42. The van der Waals surface area contributed by atoms with Gasteiger partial charge in [-0.3, -0.25) is 34.6 Å². The Labute approximate surface area is 528 Å². The van der Waals surface area contributed by atoms with Gasteiger partial charge < -0.3 is 65.4 Å². The second-order valence-corrected chi connectivity index (χ2v) is 24.4. The number of primary amides is 1. The highest BCUT2D eigenvalue weighted by Crippen LogP contribution is 2.49. The lowest BCUT2D eigenvalue weighted by atomic mass is 9.83. The van der Waals surface area contributed by atoms with Gasteiger partial charge in [-0.1, -0.05) is 88.0 Å². The van der Waals surface area contributed by atoms with Crippen molar-refractivity contribution in [2.24, 2.45) is 23.5 Å². The number of unbranched alkanes of at least 4 members (excludes halogenated alkanes) is 1. The number of amides is 8. The number of aromatic nitrogens is 1. The number of ether oxygens (including phenoxy) is 6. The van der Waals surface area contributed by atoms with Gasteiger partial charge in [-0.2, -0.15) is 0 Å². The molecule has 2 fully saturated rings. The SMILES string of the molecule is COc1cc2cc(c1Cl)N(C)C(=O)C[C@H](OC(=O)Nc1ccc3nc(NC(=O)[C@H](CCCNC(N)=O)NC(=O)[C@@H](NC(=O)CCCCC(C)OC(=O)C(CBr)CBr)C(C)C)ccc3c1)[C@]1(C)O[C@H]1[C@H](C)[C@@H]1C[C@@](O)(NC(=O)O1)[C@H](OC)/C=C/C=C(\C)C2. The molecule has 3 aromatic rings. The Morgan fingerprint density at radius 2 is 1.71 bits per heavy atom. The van der Waals surface area contributed by atoms with Crippen LogP contribution in [0.2, 0.25) is 5.02 Å². The minimum Gasteiger partial charge on any atom is -0.495 e. The van der Waals surface area contributed by atoms with Gasteiger partial charge in [0.25, 0.3) is 0 Å². The average Bonchev–Trinajstić information content (AvgIpc) is 1.62. The van der Waals surface area contributed by atoms with Crippen LogP contribution in [0, 0.1) is 17.8 Å². The molecule has 3 aliphatic heterocycles. The summed E-state index contributed by atoms with van der Waals surface area (Å²) in [6.07, 6.45) is 1.09. The maximum Gasteiger partial charge on any atom is 0.412 e. The van der Waals surface area contributed by atoms with Gasteiger partial charge in [0.15, 0.2) is 5.72 Å². The van der Waals surface area contributed by atoms with Crippen LogP contribution in [0.15, 0.2) is 66.3 Å². The zero-order chi connectivity index (χ0) is 63.9. The number of benzene rings is 2. The Morgan fingerprint density at radius 1 is 0.977 bits per heavy atom. The molecule has 6 rings (SSSR count). The number of nitrogens with two attached hydrogens (primary N) is 1. The van der Waals surface area contributed by atoms with Crippen LogP contribution >= 0.6 is 43.5 Å². The number of allylic oxidation sites excluding steroid dienone is 3. The Hall–Kier alpha value is -6.58. The zero-order valence-corrected chi connectivity index (χ0v) is 54.2. The van der Waals surface area contributed by atoms with Crippen molar-refractivity contribution in [3.63, 3.8) is 0 Å². The largest absolute Gasteiger partial charge is 0.495 e. The summed E-state index contributed by atoms with van der Waals surface area (Å²) in [5.41, 5.74) is 4.74. The second-order valence-electron chi connectivity index (χ2n) is 22.7. The topological polar surface area (TPSA) is 330 Å². The zero-order valence-electron chi connectivity index (χ0n) is 50.3. The molecule has 24 nitrogen and oxygen atoms in total. The number of nitrogens with zero attached hydrogens (tertiary/aromatic N) is 2. The number of halogens is 3. The number of rotatable bonds is 23. The molecule has 0 spiro atoms. The molecule has 476 valence electrons. The normalized spacial score (nSPS) is 24.1. The molecule has 0 aliphatic carbocycles. The number of carbonyl (C=O) groups is 8. The maximum atomic E-state index is 14.4. The van der Waals surface area contributed by atoms with E-state index >= 15 is 0 Å². The van der Waals surface area contributed by atoms with Crippen molar-refractivity contribution >= 4 is 119 Å². The number of alkyl carbamates (subject to hydrolysis) is 1. The lowest BCUT2D eigenvalue weighted by molar-refractivity contribution is -0.152. The highest BCUT2D eigenvalue weighted by molar-refractivity contribution is 9.09. The number of aliphatic hydroxyl groups is 1. The molecule has 3 aliphatic rings. The number of hydrogen-bond acceptors (Lipinski definition) is 16. The maximum absolute atomic E-state index is 14.4. The van der Waals surface area contributed by atoms with Gasteiger partial charge in [-0.15, -0.1) is 0 Å². The molecule has 2 saturated heterocycles. The van der Waals surface area contributed by atoms with E-state index in [0.29, 0.717) is 58.7 Å². The van der Waals surface area contributed by atoms with E-state index in [4.69, 9.17) is 45.8 Å². The van der Waals surface area contributed by atoms with Gasteiger partial charge in [0, 0.05) is 61.2 Å². The molecular weight excluding hydrogens is 1280 g/mol. The summed E-state index contributed by atoms with van der Waals surface area (Å²) in [7, 11) is 4.43. The number of hydrogen-bond donors (Lipinski definition) is 8. The van der Waals surface area contributed by atoms with Crippen LogP contribution < -0.4 is 47.3 Å². The van der Waals surface area contributed by atoms with Crippen molar-refractivity contribution in [3.05, 3.63) is 76.9 Å². The molecule has 27 heteroatoms. The van der Waals surface area contributed by atoms with Gasteiger partial charge in [0.2, 0.25) is 23.6 Å². The predicted octanol–water partition coefficient (Wildman–Crippen LogP) is 7.83. The first-order valence-electron chi connectivity index (χ1n) is 28.8. The highest BCUT2D eigenvalue weighted by Gasteiger charge is 2.64. The fourth-order valence-electron chi connectivity index (χ4n) is 10.4. The van der Waals surface area contributed by atoms with Crippen LogP contribution in [-0.2, 0) is 54.1 Å². The van der Waals surface area contributed by atoms with E-state index in [-0.39, 0.29) is 78.6 Å². The van der Waals surface area contributed by atoms with Crippen molar-refractivity contribution in [2.45, 2.75) is 153 Å². The van der Waals surface area contributed by atoms with Crippen LogP contribution in [0.5, 0.6) is 5.75 Å². The van der Waals surface area contributed by atoms with E-state index in [9.17, 15) is 43.5 Å². The van der Waals surface area contributed by atoms with Crippen LogP contribution in [0.25, 0.3) is 10.9 Å². The van der Waals surface area contributed by atoms with Crippen LogP contribution in [0.4, 0.5) is 31.6 Å². The lowest BCUT2D eigenvalue weighted by Crippen LogP contribution is -2.63. The molecular formula is C60H80Br2ClN9O15. The molecule has 4 heterocycles. The second kappa shape index (κ2) is 31.6. The molecule has 2 aromatic carbocycles. The summed E-state index contributed by atoms with van der Waals surface area (Å²) in [6, 6.07) is 8.59. The number of pyridine rings is 1. The minimum absolute atomic E-state index is 0.0707. The minimum atomic E-state index is -1.89. The third-order valence-electron chi connectivity index (χ3n) is 15.5. The van der Waals surface area contributed by atoms with Crippen molar-refractivity contribution in [1.29, 1.82) is 0 Å². The molecule has 8 amide bonds. The van der Waals surface area contributed by atoms with Crippen LogP contribution in [-0.4, -0.2) is 150 Å². The number of esters is 1. The van der Waals surface area contributed by atoms with Gasteiger partial charge >= 0.3 is 24.2 Å². The quantitative estimate of drug-likeness (QED) is 0.0147. The summed E-state index contributed by atoms with van der Waals surface area (Å²) in [5.74, 6) is -3.24. The summed E-state index contributed by atoms with van der Waals surface area (Å²) in [6.45, 7) is 10.8. The third kappa shape index (κ3) is 19.0. The number of carbonyl (C=O) groups excluding carboxylic acids is 8. The Bertz CT molecular complexity index is 3060. The van der Waals surface area contributed by atoms with E-state index in [2.05, 4.69) is 68.7 Å². The Balaban J connectivity index is 1.15. The Kier molecular flexibility index (Phi) is 25.2. The van der Waals surface area contributed by atoms with E-state index in [1.165, 1.54) is 25.2 Å². The highest BCUT2D eigenvalue weighted by atomic mass is 79.9. The molecule has 10 atom stereocenters. The number of fused-ring (bicyclic) bond motifs is 6. The molecule has 1 aromatic heterocycles. The van der Waals surface area contributed by atoms with Gasteiger partial charge in [0.1, 0.15) is 52.6 Å². The standard InChI is InChI=1S/C60H80Br2ClN9O15/c1-32(2)51(70-48(73)18-11-10-15-34(4)84-55(77)38(30-61)31-62)54(76)68-41(16-13-23-65-56(64)78)53(75)69-47-22-19-37-27-39(20-21-40(37)67-47)66-57(79)86-46-28-49(74)72(7)42-25-36(26-43(82-8)50(42)63)24-33(3)14-12-17-45(83-9)60(81)29-44(85-58(80)71-60)35(5)52-59(46,6)87-52/h12,14,17,19-22,25-27,32,34-35,38,41,44-46,51-52,81H,10-11,13,15-16,18,23-24,28-31H2,1-9H3,(H,66,79)(H,68,76)(H,70,73)(H,71,80)(H3,64,65,78)(H,67,69,75)/b17-12+,33-14+/t34?,35-,41+,44+,45-,46+,51+,52+,59+,60+/m1/s1. The number of urea groups is 1. The first-order valence-corrected chi connectivity index (χ1v) is 31.4. The summed E-state index contributed by atoms with van der Waals surface area (Å²) in [4.78, 5) is 112. The summed E-state index contributed by atoms with van der Waals surface area (Å²) < 4.78 is 35.0. The number of alkyl halides is 2. The van der Waals surface area contributed by atoms with Crippen molar-refractivity contribution < 1.29 is 71.9 Å². The summed E-state index contributed by atoms with van der Waals surface area (Å²) >= 11 is 13.5. The molecule has 0 saturated carbocycles. The molecule has 9 N–H and O–H groups in total. The smallest absolute Gasteiger partial charge is 0.412 e. The molecule has 87 heavy (non-hydrogen) atoms. The summed E-state index contributed by atoms with van der Waals surface area (Å²) in [5, 5.41) is 29.6. The van der Waals surface area contributed by atoms with E-state index in [0.717, 1.165) is 11.1 Å². The van der Waals surface area contributed by atoms with E-state index in [1.54, 1.807) is 90.2 Å². The Morgan fingerprint density at radius 3 is 2.39 bits per heavy atom. The molecule has 1 unspecified atom stereocenters. The van der Waals surface area contributed by atoms with Gasteiger partial charge in [-0.05, 0) is 113 Å². The van der Waals surface area contributed by atoms with Crippen molar-refractivity contribution in [2.75, 3.05) is 54.0 Å². The van der Waals surface area contributed by atoms with E-state index < -0.39 is 96.1 Å². The van der Waals surface area contributed by atoms with E-state index in [1.807, 2.05) is 13.0 Å². The fourth-order valence-corrected chi connectivity index (χ4v) is 12.3. The van der Waals surface area contributed by atoms with Crippen LogP contribution in [0.1, 0.15) is 98.5 Å². The van der Waals surface area contributed by atoms with Gasteiger partial charge in [-0.25, -0.2) is 19.4 Å². The molecule has 0 radical (unpaired) electrons. The first kappa shape index (κ1) is 69.5. The monoisotopic (exact) mass is 1360 g/mol. The van der Waals surface area contributed by atoms with Crippen molar-refractivity contribution in [1.82, 2.24) is 26.3 Å². The van der Waals surface area contributed by atoms with Crippen LogP contribution in [0.3, 0.4) is 0 Å². The predicted molar refractivity (Wildman–Crippen MR) is 334 cm³/mol. The third-order valence-corrected chi connectivity index (χ3v) is 17.5. The first-order chi connectivity index (χ1) is 41.2. The molecule has 4 bridgehead atoms. The van der Waals surface area contributed by atoms with Gasteiger partial charge in [0.05, 0.1) is 42.9 Å². The number of methoxy groups -OCH3 is 2.